The van der Waals surface area contributed by atoms with E-state index in [0.717, 1.165) is 0 Å². The van der Waals surface area contributed by atoms with Crippen molar-refractivity contribution >= 4 is 0 Å². The minimum atomic E-state index is -0.962. The van der Waals surface area contributed by atoms with Crippen LogP contribution in [0, 0.1) is 0 Å². The van der Waals surface area contributed by atoms with Gasteiger partial charge < -0.3 is 20.3 Å². The maximum atomic E-state index is 9.42. The minimum Gasteiger partial charge on any atom is -0.388 e. The third kappa shape index (κ3) is 2.09. The molecule has 0 bridgehead atoms. The summed E-state index contributed by atoms with van der Waals surface area (Å²) in [6.45, 7) is 0.244. The van der Waals surface area contributed by atoms with Crippen LogP contribution >= 0.6 is 0 Å². The fraction of sp³-hybridized carbons (Fsp3) is 1.00. The fourth-order valence-corrected chi connectivity index (χ4v) is 1.28. The van der Waals surface area contributed by atoms with Gasteiger partial charge in [-0.2, -0.15) is 0 Å². The first-order valence-corrected chi connectivity index (χ1v) is 3.83. The number of ether oxygens (including phenoxy) is 2. The van der Waals surface area contributed by atoms with Crippen LogP contribution < -0.4 is 5.73 Å². The normalized spacial score (nSPS) is 38.7. The lowest BCUT2D eigenvalue weighted by molar-refractivity contribution is -0.0156. The van der Waals surface area contributed by atoms with Crippen molar-refractivity contribution in [2.45, 2.75) is 24.5 Å². The Morgan fingerprint density at radius 2 is 2.46 bits per heavy atom. The number of azide groups is 1. The molecule has 0 aromatic rings. The lowest BCUT2D eigenvalue weighted by atomic mass is 10.1. The van der Waals surface area contributed by atoms with E-state index < -0.39 is 24.5 Å². The topological polar surface area (TPSA) is 113 Å². The zero-order valence-electron chi connectivity index (χ0n) is 7.20. The van der Waals surface area contributed by atoms with Crippen LogP contribution in [0.5, 0.6) is 0 Å². The maximum Gasteiger partial charge on any atom is 0.132 e. The van der Waals surface area contributed by atoms with Gasteiger partial charge in [0.1, 0.15) is 12.3 Å². The molecule has 0 aromatic carbocycles. The molecule has 1 heterocycles. The highest BCUT2D eigenvalue weighted by atomic mass is 16.6. The molecule has 0 radical (unpaired) electrons. The average molecular weight is 188 g/mol. The highest BCUT2D eigenvalue weighted by molar-refractivity contribution is 4.93. The summed E-state index contributed by atoms with van der Waals surface area (Å²) in [6.07, 6.45) is -2.24. The predicted octanol–water partition coefficient (Wildman–Crippen LogP) is -0.644. The zero-order chi connectivity index (χ0) is 9.84. The second-order valence-electron chi connectivity index (χ2n) is 2.78. The number of hydrogen-bond acceptors (Lipinski definition) is 5. The number of aliphatic hydroxyl groups excluding tert-OH is 1. The monoisotopic (exact) mass is 188 g/mol. The van der Waals surface area contributed by atoms with Crippen molar-refractivity contribution in [3.8, 4) is 0 Å². The Morgan fingerprint density at radius 1 is 1.77 bits per heavy atom. The molecule has 1 fully saturated rings. The van der Waals surface area contributed by atoms with Crippen molar-refractivity contribution in [3.05, 3.63) is 10.4 Å². The minimum absolute atomic E-state index is 0.244. The van der Waals surface area contributed by atoms with Crippen LogP contribution in [0.15, 0.2) is 5.11 Å². The second-order valence-corrected chi connectivity index (χ2v) is 2.78. The Kier molecular flexibility index (Phi) is 3.47. The summed E-state index contributed by atoms with van der Waals surface area (Å²) in [5.41, 5.74) is 13.6. The second kappa shape index (κ2) is 4.40. The van der Waals surface area contributed by atoms with Gasteiger partial charge in [0.05, 0.1) is 18.8 Å². The van der Waals surface area contributed by atoms with Crippen molar-refractivity contribution in [1.29, 1.82) is 0 Å². The lowest BCUT2D eigenvalue weighted by Crippen LogP contribution is -2.36. The number of methoxy groups -OCH3 is 1. The van der Waals surface area contributed by atoms with Gasteiger partial charge >= 0.3 is 0 Å². The van der Waals surface area contributed by atoms with Crippen LogP contribution in [-0.4, -0.2) is 43.3 Å². The van der Waals surface area contributed by atoms with Gasteiger partial charge in [0.2, 0.25) is 0 Å². The Labute approximate surface area is 75.1 Å². The molecule has 13 heavy (non-hydrogen) atoms. The predicted molar refractivity (Wildman–Crippen MR) is 43.7 cm³/mol. The standard InChI is InChI=1S/C6H12N4O3/c1-12-2-3-4(9-10-8)5(11)6(7)13-3/h3-6,11H,2,7H2,1H3/t3-,4?,5?,6-/m1/s1. The van der Waals surface area contributed by atoms with Crippen molar-refractivity contribution in [3.63, 3.8) is 0 Å². The summed E-state index contributed by atoms with van der Waals surface area (Å²) in [5, 5.41) is 12.8. The molecule has 3 N–H and O–H groups in total. The van der Waals surface area contributed by atoms with E-state index in [1.807, 2.05) is 0 Å². The number of hydrogen-bond donors (Lipinski definition) is 2. The van der Waals surface area contributed by atoms with Crippen molar-refractivity contribution in [2.24, 2.45) is 10.8 Å². The third-order valence-corrected chi connectivity index (χ3v) is 1.92. The van der Waals surface area contributed by atoms with Gasteiger partial charge in [-0.05, 0) is 5.53 Å². The summed E-state index contributed by atoms with van der Waals surface area (Å²) in [4.78, 5) is 2.61. The van der Waals surface area contributed by atoms with E-state index >= 15 is 0 Å². The highest BCUT2D eigenvalue weighted by Gasteiger charge is 2.41. The first-order valence-electron chi connectivity index (χ1n) is 3.83. The summed E-state index contributed by atoms with van der Waals surface area (Å²) >= 11 is 0. The lowest BCUT2D eigenvalue weighted by Gasteiger charge is -2.12. The molecule has 7 nitrogen and oxygen atoms in total. The van der Waals surface area contributed by atoms with E-state index in [4.69, 9.17) is 20.7 Å². The molecule has 0 amide bonds. The van der Waals surface area contributed by atoms with Gasteiger partial charge in [0, 0.05) is 12.0 Å². The summed E-state index contributed by atoms with van der Waals surface area (Å²) < 4.78 is 9.94. The van der Waals surface area contributed by atoms with Gasteiger partial charge in [-0.25, -0.2) is 0 Å². The van der Waals surface area contributed by atoms with Crippen molar-refractivity contribution in [1.82, 2.24) is 0 Å². The van der Waals surface area contributed by atoms with Crippen LogP contribution in [-0.2, 0) is 9.47 Å². The zero-order valence-corrected chi connectivity index (χ0v) is 7.20. The molecule has 0 spiro atoms. The number of nitrogens with zero attached hydrogens (tertiary/aromatic N) is 3. The Morgan fingerprint density at radius 3 is 3.00 bits per heavy atom. The molecule has 1 rings (SSSR count). The van der Waals surface area contributed by atoms with Gasteiger partial charge in [-0.15, -0.1) is 0 Å². The van der Waals surface area contributed by atoms with Gasteiger partial charge in [0.25, 0.3) is 0 Å². The first kappa shape index (κ1) is 10.2. The molecule has 2 unspecified atom stereocenters. The van der Waals surface area contributed by atoms with Gasteiger partial charge in [-0.3, -0.25) is 0 Å². The Hall–Kier alpha value is -0.850. The van der Waals surface area contributed by atoms with Crippen LogP contribution in [0.2, 0.25) is 0 Å². The molecule has 0 aromatic heterocycles. The van der Waals surface area contributed by atoms with E-state index in [0.29, 0.717) is 0 Å². The van der Waals surface area contributed by atoms with Crippen molar-refractivity contribution in [2.75, 3.05) is 13.7 Å². The van der Waals surface area contributed by atoms with E-state index in [1.54, 1.807) is 0 Å². The molecule has 7 heteroatoms. The van der Waals surface area contributed by atoms with Crippen LogP contribution in [0.1, 0.15) is 0 Å². The highest BCUT2D eigenvalue weighted by Crippen LogP contribution is 2.21. The molecule has 1 saturated heterocycles. The van der Waals surface area contributed by atoms with Crippen LogP contribution in [0.4, 0.5) is 0 Å². The molecule has 0 saturated carbocycles. The van der Waals surface area contributed by atoms with E-state index in [-0.39, 0.29) is 6.61 Å². The van der Waals surface area contributed by atoms with Gasteiger partial charge in [0.15, 0.2) is 0 Å². The molecule has 1 aliphatic heterocycles. The van der Waals surface area contributed by atoms with Crippen molar-refractivity contribution < 1.29 is 14.6 Å². The summed E-state index contributed by atoms with van der Waals surface area (Å²) in [5.74, 6) is 0. The number of rotatable bonds is 3. The molecular weight excluding hydrogens is 176 g/mol. The van der Waals surface area contributed by atoms with Crippen LogP contribution in [0.25, 0.3) is 10.4 Å². The molecule has 0 aliphatic carbocycles. The van der Waals surface area contributed by atoms with E-state index in [1.165, 1.54) is 7.11 Å². The molecular formula is C6H12N4O3. The maximum absolute atomic E-state index is 9.42. The smallest absolute Gasteiger partial charge is 0.132 e. The fourth-order valence-electron chi connectivity index (χ4n) is 1.28. The molecule has 1 aliphatic rings. The largest absolute Gasteiger partial charge is 0.388 e. The summed E-state index contributed by atoms with van der Waals surface area (Å²) in [6, 6.07) is -0.667. The first-order chi connectivity index (χ1) is 6.20. The molecule has 4 atom stereocenters. The molecule has 74 valence electrons. The SMILES string of the molecule is COC[C@H]1O[C@@H](N)C(O)C1N=[N+]=[N-]. The van der Waals surface area contributed by atoms with E-state index in [9.17, 15) is 5.11 Å². The average Bonchev–Trinajstić information content (AvgIpc) is 2.34. The number of nitrogens with two attached hydrogens (primary N) is 1. The van der Waals surface area contributed by atoms with Gasteiger partial charge in [-0.1, -0.05) is 5.11 Å². The Balaban J connectivity index is 2.67. The Bertz CT molecular complexity index is 218. The quantitative estimate of drug-likeness (QED) is 0.348. The third-order valence-electron chi connectivity index (χ3n) is 1.92. The van der Waals surface area contributed by atoms with Crippen LogP contribution in [0.3, 0.4) is 0 Å². The number of aliphatic hydroxyl groups is 1. The summed E-state index contributed by atoms with van der Waals surface area (Å²) in [7, 11) is 1.49. The van der Waals surface area contributed by atoms with E-state index in [2.05, 4.69) is 10.0 Å².